The highest BCUT2D eigenvalue weighted by atomic mass is 19.1. The lowest BCUT2D eigenvalue weighted by Crippen LogP contribution is -2.46. The molecule has 0 aliphatic carbocycles. The number of anilines is 1. The van der Waals surface area contributed by atoms with Crippen molar-refractivity contribution in [3.63, 3.8) is 0 Å². The molecule has 2 rings (SSSR count). The Balaban J connectivity index is 2.19. The maximum absolute atomic E-state index is 13.3. The smallest absolute Gasteiger partial charge is 0.306 e. The first-order valence-corrected chi connectivity index (χ1v) is 6.52. The lowest BCUT2D eigenvalue weighted by atomic mass is 9.79. The van der Waals surface area contributed by atoms with Crippen LogP contribution in [0.1, 0.15) is 12.8 Å². The maximum atomic E-state index is 13.3. The molecular formula is C13H16FN3O4. The van der Waals surface area contributed by atoms with E-state index in [1.54, 1.807) is 0 Å². The predicted molar refractivity (Wildman–Crippen MR) is 73.2 cm³/mol. The van der Waals surface area contributed by atoms with Gasteiger partial charge in [-0.1, -0.05) is 0 Å². The topological polar surface area (TPSA) is 107 Å². The van der Waals surface area contributed by atoms with Crippen molar-refractivity contribution >= 4 is 17.3 Å². The highest BCUT2D eigenvalue weighted by molar-refractivity contribution is 5.95. The molecule has 1 saturated heterocycles. The third-order valence-corrected chi connectivity index (χ3v) is 3.72. The second kappa shape index (κ2) is 6.15. The van der Waals surface area contributed by atoms with Gasteiger partial charge in [0.05, 0.1) is 10.3 Å². The van der Waals surface area contributed by atoms with Crippen molar-refractivity contribution in [3.8, 4) is 0 Å². The molecule has 1 aromatic rings. The van der Waals surface area contributed by atoms with E-state index in [9.17, 15) is 19.3 Å². The second-order valence-corrected chi connectivity index (χ2v) is 4.97. The monoisotopic (exact) mass is 297 g/mol. The Morgan fingerprint density at radius 1 is 1.48 bits per heavy atom. The lowest BCUT2D eigenvalue weighted by Gasteiger charge is -2.34. The molecule has 1 fully saturated rings. The van der Waals surface area contributed by atoms with E-state index in [1.807, 2.05) is 0 Å². The molecule has 0 atom stereocenters. The summed E-state index contributed by atoms with van der Waals surface area (Å²) < 4.78 is 18.5. The summed E-state index contributed by atoms with van der Waals surface area (Å²) in [7, 11) is 0. The van der Waals surface area contributed by atoms with E-state index in [0.29, 0.717) is 26.1 Å². The van der Waals surface area contributed by atoms with Gasteiger partial charge in [-0.05, 0) is 25.0 Å². The van der Waals surface area contributed by atoms with Gasteiger partial charge in [0.25, 0.3) is 0 Å². The molecule has 114 valence electrons. The number of nitro groups is 1. The Bertz CT molecular complexity index is 558. The summed E-state index contributed by atoms with van der Waals surface area (Å²) in [5.74, 6) is -1.27. The Labute approximate surface area is 120 Å². The molecule has 7 nitrogen and oxygen atoms in total. The molecule has 1 aliphatic rings. The third kappa shape index (κ3) is 3.17. The Kier molecular flexibility index (Phi) is 4.49. The number of nitrogens with two attached hydrogens (primary N) is 1. The van der Waals surface area contributed by atoms with E-state index in [1.165, 1.54) is 6.07 Å². The summed E-state index contributed by atoms with van der Waals surface area (Å²) in [5.41, 5.74) is 4.46. The molecule has 0 aromatic heterocycles. The number of carbonyl (C=O) groups is 1. The summed E-state index contributed by atoms with van der Waals surface area (Å²) in [6, 6.07) is 3.23. The van der Waals surface area contributed by atoms with E-state index in [-0.39, 0.29) is 18.1 Å². The van der Waals surface area contributed by atoms with Crippen LogP contribution in [0.2, 0.25) is 0 Å². The van der Waals surface area contributed by atoms with Crippen molar-refractivity contribution in [3.05, 3.63) is 34.1 Å². The minimum atomic E-state index is -0.947. The van der Waals surface area contributed by atoms with Crippen LogP contribution in [0, 0.1) is 21.3 Å². The molecule has 21 heavy (non-hydrogen) atoms. The zero-order valence-corrected chi connectivity index (χ0v) is 11.3. The molecule has 8 heteroatoms. The molecule has 1 aliphatic heterocycles. The summed E-state index contributed by atoms with van der Waals surface area (Å²) in [6.45, 7) is 1.04. The first-order chi connectivity index (χ1) is 9.98. The van der Waals surface area contributed by atoms with Gasteiger partial charge in [-0.25, -0.2) is 0 Å². The van der Waals surface area contributed by atoms with E-state index in [2.05, 4.69) is 5.32 Å². The zero-order chi connectivity index (χ0) is 15.5. The van der Waals surface area contributed by atoms with Crippen molar-refractivity contribution in [1.29, 1.82) is 0 Å². The zero-order valence-electron chi connectivity index (χ0n) is 11.3. The minimum absolute atomic E-state index is 0.158. The van der Waals surface area contributed by atoms with Crippen LogP contribution >= 0.6 is 0 Å². The number of amides is 1. The van der Waals surface area contributed by atoms with Crippen LogP contribution in [0.3, 0.4) is 0 Å². The normalized spacial score (nSPS) is 17.2. The summed E-state index contributed by atoms with van der Waals surface area (Å²) in [5, 5.41) is 13.3. The number of ether oxygens (including phenoxy) is 1. The fourth-order valence-corrected chi connectivity index (χ4v) is 2.28. The Morgan fingerprint density at radius 2 is 2.14 bits per heavy atom. The van der Waals surface area contributed by atoms with Gasteiger partial charge in [-0.2, -0.15) is 4.39 Å². The van der Waals surface area contributed by atoms with Gasteiger partial charge < -0.3 is 15.8 Å². The van der Waals surface area contributed by atoms with Crippen LogP contribution < -0.4 is 11.1 Å². The number of nitrogens with one attached hydrogen (secondary N) is 1. The van der Waals surface area contributed by atoms with Crippen LogP contribution in [0.25, 0.3) is 0 Å². The van der Waals surface area contributed by atoms with E-state index >= 15 is 0 Å². The van der Waals surface area contributed by atoms with Crippen molar-refractivity contribution in [2.24, 2.45) is 11.1 Å². The third-order valence-electron chi connectivity index (χ3n) is 3.72. The lowest BCUT2D eigenvalue weighted by molar-refractivity contribution is -0.387. The van der Waals surface area contributed by atoms with Crippen LogP contribution in [0.4, 0.5) is 15.8 Å². The summed E-state index contributed by atoms with van der Waals surface area (Å²) in [6.07, 6.45) is 0.969. The van der Waals surface area contributed by atoms with Crippen LogP contribution in [0.5, 0.6) is 0 Å². The fraction of sp³-hybridized carbons (Fsp3) is 0.462. The number of halogens is 1. The second-order valence-electron chi connectivity index (χ2n) is 4.97. The summed E-state index contributed by atoms with van der Waals surface area (Å²) in [4.78, 5) is 22.2. The number of rotatable bonds is 4. The first kappa shape index (κ1) is 15.3. The predicted octanol–water partition coefficient (Wildman–Crippen LogP) is 1.43. The van der Waals surface area contributed by atoms with Gasteiger partial charge in [0.1, 0.15) is 0 Å². The quantitative estimate of drug-likeness (QED) is 0.645. The van der Waals surface area contributed by atoms with Crippen molar-refractivity contribution in [2.75, 3.05) is 25.1 Å². The van der Waals surface area contributed by atoms with E-state index in [4.69, 9.17) is 10.5 Å². The highest BCUT2D eigenvalue weighted by Gasteiger charge is 2.38. The molecule has 0 saturated carbocycles. The molecule has 0 unspecified atom stereocenters. The number of nitro benzene ring substituents is 1. The van der Waals surface area contributed by atoms with Crippen molar-refractivity contribution in [2.45, 2.75) is 12.8 Å². The van der Waals surface area contributed by atoms with Crippen LogP contribution in [-0.2, 0) is 9.53 Å². The summed E-state index contributed by atoms with van der Waals surface area (Å²) >= 11 is 0. The molecular weight excluding hydrogens is 281 g/mol. The number of hydrogen-bond donors (Lipinski definition) is 2. The molecule has 1 heterocycles. The molecule has 0 spiro atoms. The fourth-order valence-electron chi connectivity index (χ4n) is 2.28. The standard InChI is InChI=1S/C13H16FN3O4/c14-10-2-1-9(7-11(10)17(19)20)16-12(18)13(8-15)3-5-21-6-4-13/h1-2,7H,3-6,8,15H2,(H,16,18). The van der Waals surface area contributed by atoms with Gasteiger partial charge >= 0.3 is 5.69 Å². The van der Waals surface area contributed by atoms with Crippen molar-refractivity contribution in [1.82, 2.24) is 0 Å². The number of nitrogens with zero attached hydrogens (tertiary/aromatic N) is 1. The Morgan fingerprint density at radius 3 is 2.71 bits per heavy atom. The van der Waals surface area contributed by atoms with Gasteiger partial charge in [-0.3, -0.25) is 14.9 Å². The molecule has 0 radical (unpaired) electrons. The van der Waals surface area contributed by atoms with Gasteiger partial charge in [0.15, 0.2) is 0 Å². The number of benzene rings is 1. The molecule has 0 bridgehead atoms. The Hall–Kier alpha value is -2.06. The number of hydrogen-bond acceptors (Lipinski definition) is 5. The van der Waals surface area contributed by atoms with Gasteiger partial charge in [0.2, 0.25) is 11.7 Å². The highest BCUT2D eigenvalue weighted by Crippen LogP contribution is 2.31. The van der Waals surface area contributed by atoms with E-state index in [0.717, 1.165) is 12.1 Å². The average Bonchev–Trinajstić information content (AvgIpc) is 2.49. The molecule has 3 N–H and O–H groups in total. The molecule has 1 amide bonds. The minimum Gasteiger partial charge on any atom is -0.381 e. The van der Waals surface area contributed by atoms with E-state index < -0.39 is 21.8 Å². The average molecular weight is 297 g/mol. The molecule has 1 aromatic carbocycles. The SMILES string of the molecule is NCC1(C(=O)Nc2ccc(F)c([N+](=O)[O-])c2)CCOCC1. The first-order valence-electron chi connectivity index (χ1n) is 6.52. The van der Waals surface area contributed by atoms with Crippen molar-refractivity contribution < 1.29 is 18.8 Å². The largest absolute Gasteiger partial charge is 0.381 e. The maximum Gasteiger partial charge on any atom is 0.306 e. The van der Waals surface area contributed by atoms with Gasteiger partial charge in [0, 0.05) is 31.5 Å². The number of carbonyl (C=O) groups excluding carboxylic acids is 1. The van der Waals surface area contributed by atoms with Crippen LogP contribution in [0.15, 0.2) is 18.2 Å². The van der Waals surface area contributed by atoms with Gasteiger partial charge in [-0.15, -0.1) is 0 Å². The van der Waals surface area contributed by atoms with Crippen LogP contribution in [-0.4, -0.2) is 30.6 Å².